The van der Waals surface area contributed by atoms with Gasteiger partial charge in [-0.3, -0.25) is 9.69 Å². The van der Waals surface area contributed by atoms with Crippen molar-refractivity contribution >= 4 is 17.9 Å². The van der Waals surface area contributed by atoms with E-state index in [9.17, 15) is 9.59 Å². The summed E-state index contributed by atoms with van der Waals surface area (Å²) in [6.07, 6.45) is -0.612. The van der Waals surface area contributed by atoms with E-state index in [0.29, 0.717) is 19.1 Å². The second-order valence-electron chi connectivity index (χ2n) is 8.43. The van der Waals surface area contributed by atoms with E-state index in [1.54, 1.807) is 23.7 Å². The van der Waals surface area contributed by atoms with Gasteiger partial charge < -0.3 is 14.5 Å². The highest BCUT2D eigenvalue weighted by Crippen LogP contribution is 2.30. The summed E-state index contributed by atoms with van der Waals surface area (Å²) < 4.78 is 7.09. The zero-order chi connectivity index (χ0) is 23.2. The zero-order valence-electron chi connectivity index (χ0n) is 19.5. The van der Waals surface area contributed by atoms with Crippen LogP contribution in [0, 0.1) is 27.7 Å². The number of urea groups is 1. The third-order valence-corrected chi connectivity index (χ3v) is 6.54. The minimum atomic E-state index is -0.629. The highest BCUT2D eigenvalue weighted by molar-refractivity contribution is 6.04. The van der Waals surface area contributed by atoms with Crippen LogP contribution in [0.1, 0.15) is 28.1 Å². The second-order valence-corrected chi connectivity index (χ2v) is 8.43. The molecular weight excluding hydrogens is 408 g/mol. The smallest absolute Gasteiger partial charge is 0.328 e. The largest absolute Gasteiger partial charge is 0.383 e. The highest BCUT2D eigenvalue weighted by atomic mass is 16.5. The minimum Gasteiger partial charge on any atom is -0.383 e. The van der Waals surface area contributed by atoms with Crippen molar-refractivity contribution in [3.8, 4) is 0 Å². The molecule has 1 fully saturated rings. The fraction of sp³-hybridized carbons (Fsp3) is 0.478. The summed E-state index contributed by atoms with van der Waals surface area (Å²) in [6, 6.07) is 6.81. The van der Waals surface area contributed by atoms with Gasteiger partial charge in [0.25, 0.3) is 5.91 Å². The molecule has 0 radical (unpaired) electrons. The first-order valence-electron chi connectivity index (χ1n) is 10.8. The van der Waals surface area contributed by atoms with E-state index >= 15 is 0 Å². The molecular formula is C23H30N6O3. The quantitative estimate of drug-likeness (QED) is 0.714. The molecule has 0 bridgehead atoms. The van der Waals surface area contributed by atoms with Crippen LogP contribution in [-0.4, -0.2) is 81.9 Å². The predicted molar refractivity (Wildman–Crippen MR) is 120 cm³/mol. The molecule has 32 heavy (non-hydrogen) atoms. The maximum Gasteiger partial charge on any atom is 0.328 e. The van der Waals surface area contributed by atoms with Crippen molar-refractivity contribution in [3.05, 3.63) is 52.3 Å². The number of ether oxygens (including phenoxy) is 1. The number of aliphatic imine (C=N–C) groups is 1. The molecule has 2 unspecified atom stereocenters. The van der Waals surface area contributed by atoms with E-state index in [4.69, 9.17) is 9.73 Å². The van der Waals surface area contributed by atoms with Crippen LogP contribution in [0.25, 0.3) is 0 Å². The predicted octanol–water partition coefficient (Wildman–Crippen LogP) is 2.07. The molecule has 4 rings (SSSR count). The Kier molecular flexibility index (Phi) is 5.77. The Morgan fingerprint density at radius 3 is 2.44 bits per heavy atom. The first-order valence-corrected chi connectivity index (χ1v) is 10.8. The molecule has 2 atom stereocenters. The van der Waals surface area contributed by atoms with Crippen LogP contribution in [0.2, 0.25) is 0 Å². The van der Waals surface area contributed by atoms with E-state index in [-0.39, 0.29) is 18.5 Å². The van der Waals surface area contributed by atoms with Crippen molar-refractivity contribution < 1.29 is 14.3 Å². The number of rotatable bonds is 5. The van der Waals surface area contributed by atoms with E-state index in [0.717, 1.165) is 28.1 Å². The van der Waals surface area contributed by atoms with Gasteiger partial charge in [0.2, 0.25) is 5.96 Å². The summed E-state index contributed by atoms with van der Waals surface area (Å²) in [5, 5.41) is 4.65. The molecule has 170 valence electrons. The number of hydrogen-bond acceptors (Lipinski definition) is 6. The number of imide groups is 1. The van der Waals surface area contributed by atoms with Gasteiger partial charge in [-0.15, -0.1) is 0 Å². The maximum absolute atomic E-state index is 13.7. The summed E-state index contributed by atoms with van der Waals surface area (Å²) in [5.41, 5.74) is 4.92. The highest BCUT2D eigenvalue weighted by Gasteiger charge is 2.52. The molecule has 0 aliphatic carbocycles. The molecule has 2 aliphatic rings. The average Bonchev–Trinajstić information content (AvgIpc) is 3.27. The van der Waals surface area contributed by atoms with Gasteiger partial charge >= 0.3 is 6.03 Å². The molecule has 9 heteroatoms. The van der Waals surface area contributed by atoms with Gasteiger partial charge in [-0.2, -0.15) is 5.10 Å². The second kappa shape index (κ2) is 8.38. The lowest BCUT2D eigenvalue weighted by atomic mass is 10.1. The van der Waals surface area contributed by atoms with Gasteiger partial charge in [0.1, 0.15) is 0 Å². The van der Waals surface area contributed by atoms with E-state index in [2.05, 4.69) is 5.10 Å². The summed E-state index contributed by atoms with van der Waals surface area (Å²) in [7, 11) is 3.32. The third-order valence-electron chi connectivity index (χ3n) is 6.54. The molecule has 1 aromatic carbocycles. The van der Waals surface area contributed by atoms with Crippen LogP contribution in [-0.2, 0) is 16.1 Å². The van der Waals surface area contributed by atoms with Crippen LogP contribution in [0.3, 0.4) is 0 Å². The Balaban J connectivity index is 1.73. The number of methoxy groups -OCH3 is 1. The Labute approximate surface area is 188 Å². The first kappa shape index (κ1) is 22.0. The van der Waals surface area contributed by atoms with Crippen LogP contribution in [0.15, 0.2) is 29.3 Å². The van der Waals surface area contributed by atoms with E-state index in [1.165, 1.54) is 4.90 Å². The van der Waals surface area contributed by atoms with Gasteiger partial charge in [-0.05, 0) is 44.4 Å². The molecule has 1 saturated heterocycles. The van der Waals surface area contributed by atoms with Crippen molar-refractivity contribution in [2.24, 2.45) is 4.99 Å². The van der Waals surface area contributed by atoms with Crippen molar-refractivity contribution in [3.63, 3.8) is 0 Å². The maximum atomic E-state index is 13.7. The molecule has 9 nitrogen and oxygen atoms in total. The van der Waals surface area contributed by atoms with E-state index in [1.807, 2.05) is 56.9 Å². The number of aryl methyl sites for hydroxylation is 2. The average molecular weight is 439 g/mol. The fourth-order valence-electron chi connectivity index (χ4n) is 4.29. The number of carbonyl (C=O) groups excluding carboxylic acids is 2. The van der Waals surface area contributed by atoms with Gasteiger partial charge in [0.05, 0.1) is 18.8 Å². The Hall–Kier alpha value is -3.20. The molecule has 1 aromatic heterocycles. The summed E-state index contributed by atoms with van der Waals surface area (Å²) in [5.74, 6) is 0.311. The molecule has 3 heterocycles. The molecule has 2 aromatic rings. The lowest BCUT2D eigenvalue weighted by Crippen LogP contribution is -2.65. The Morgan fingerprint density at radius 1 is 1.09 bits per heavy atom. The van der Waals surface area contributed by atoms with Crippen molar-refractivity contribution in [1.29, 1.82) is 0 Å². The van der Waals surface area contributed by atoms with Crippen molar-refractivity contribution in [2.75, 3.05) is 27.3 Å². The monoisotopic (exact) mass is 438 g/mol. The van der Waals surface area contributed by atoms with Crippen LogP contribution in [0.5, 0.6) is 0 Å². The molecule has 0 saturated carbocycles. The molecule has 3 amide bonds. The number of amides is 3. The molecule has 0 spiro atoms. The Morgan fingerprint density at radius 2 is 1.81 bits per heavy atom. The number of hydrogen-bond donors (Lipinski definition) is 0. The first-order chi connectivity index (χ1) is 15.3. The van der Waals surface area contributed by atoms with Gasteiger partial charge in [-0.1, -0.05) is 24.3 Å². The molecule has 2 aliphatic heterocycles. The summed E-state index contributed by atoms with van der Waals surface area (Å²) >= 11 is 0. The standard InChI is InChI=1S/C23H30N6O3/c1-14-9-7-8-10-18(14)13-28-21(30)19-20(26(5)23(28)31)24-22(27(19)11-12-32-6)29-17(4)15(2)16(3)25-29/h7-10,19-20H,11-13H2,1-6H3. The topological polar surface area (TPSA) is 83.3 Å². The minimum absolute atomic E-state index is 0.227. The van der Waals surface area contributed by atoms with E-state index < -0.39 is 12.2 Å². The number of benzene rings is 1. The number of aromatic nitrogens is 2. The van der Waals surface area contributed by atoms with Crippen LogP contribution >= 0.6 is 0 Å². The third kappa shape index (κ3) is 3.46. The SMILES string of the molecule is COCCN1C(n2nc(C)c(C)c2C)=NC2C1C(=O)N(Cc1ccccc1C)C(=O)N2C. The summed E-state index contributed by atoms with van der Waals surface area (Å²) in [6.45, 7) is 9.03. The van der Waals surface area contributed by atoms with Gasteiger partial charge in [-0.25, -0.2) is 14.5 Å². The summed E-state index contributed by atoms with van der Waals surface area (Å²) in [4.78, 5) is 36.5. The lowest BCUT2D eigenvalue weighted by Gasteiger charge is -2.41. The Bertz CT molecular complexity index is 1090. The van der Waals surface area contributed by atoms with Crippen LogP contribution < -0.4 is 0 Å². The number of carbonyl (C=O) groups is 2. The lowest BCUT2D eigenvalue weighted by molar-refractivity contribution is -0.138. The van der Waals surface area contributed by atoms with Crippen molar-refractivity contribution in [2.45, 2.75) is 46.4 Å². The fourth-order valence-corrected chi connectivity index (χ4v) is 4.29. The number of likely N-dealkylation sites (N-methyl/N-ethyl adjacent to an activating group) is 1. The number of fused-ring (bicyclic) bond motifs is 1. The van der Waals surface area contributed by atoms with Crippen molar-refractivity contribution in [1.82, 2.24) is 24.5 Å². The molecule has 0 N–H and O–H groups in total. The normalized spacial score (nSPS) is 20.8. The van der Waals surface area contributed by atoms with Gasteiger partial charge in [0, 0.05) is 26.4 Å². The number of nitrogens with zero attached hydrogens (tertiary/aromatic N) is 6. The van der Waals surface area contributed by atoms with Gasteiger partial charge in [0.15, 0.2) is 12.2 Å². The zero-order valence-corrected chi connectivity index (χ0v) is 19.5. The van der Waals surface area contributed by atoms with Crippen LogP contribution in [0.4, 0.5) is 4.79 Å².